The van der Waals surface area contributed by atoms with Gasteiger partial charge in [-0.3, -0.25) is 9.59 Å². The molecule has 0 aliphatic heterocycles. The van der Waals surface area contributed by atoms with Crippen LogP contribution in [0.3, 0.4) is 0 Å². The Labute approximate surface area is 112 Å². The zero-order valence-corrected chi connectivity index (χ0v) is 11.1. The molecule has 5 heteroatoms. The van der Waals surface area contributed by atoms with Crippen LogP contribution in [0.1, 0.15) is 20.3 Å². The van der Waals surface area contributed by atoms with Gasteiger partial charge in [0.25, 0.3) is 5.91 Å². The summed E-state index contributed by atoms with van der Waals surface area (Å²) < 4.78 is 5.13. The van der Waals surface area contributed by atoms with Crippen LogP contribution in [-0.4, -0.2) is 18.4 Å². The second kappa shape index (κ2) is 4.91. The van der Waals surface area contributed by atoms with Crippen molar-refractivity contribution in [2.24, 2.45) is 17.1 Å². The number of nitrogens with one attached hydrogen (secondary N) is 1. The summed E-state index contributed by atoms with van der Waals surface area (Å²) in [7, 11) is 0. The Morgan fingerprint density at radius 3 is 2.42 bits per heavy atom. The largest absolute Gasteiger partial charge is 0.484 e. The van der Waals surface area contributed by atoms with Gasteiger partial charge >= 0.3 is 0 Å². The molecule has 1 aliphatic rings. The molecule has 1 aromatic carbocycles. The van der Waals surface area contributed by atoms with Gasteiger partial charge in [0.1, 0.15) is 5.75 Å². The molecule has 0 heterocycles. The predicted molar refractivity (Wildman–Crippen MR) is 71.6 cm³/mol. The van der Waals surface area contributed by atoms with Crippen molar-refractivity contribution in [2.45, 2.75) is 20.3 Å². The fourth-order valence-electron chi connectivity index (χ4n) is 1.93. The molecule has 0 saturated heterocycles. The van der Waals surface area contributed by atoms with E-state index in [1.54, 1.807) is 24.3 Å². The van der Waals surface area contributed by atoms with E-state index in [1.165, 1.54) is 0 Å². The Kier molecular flexibility index (Phi) is 3.46. The van der Waals surface area contributed by atoms with Crippen molar-refractivity contribution >= 4 is 17.5 Å². The molecule has 3 N–H and O–H groups in total. The van der Waals surface area contributed by atoms with E-state index in [4.69, 9.17) is 10.5 Å². The van der Waals surface area contributed by atoms with Gasteiger partial charge in [0, 0.05) is 11.6 Å². The lowest BCUT2D eigenvalue weighted by atomic mass is 10.1. The number of hydrogen-bond acceptors (Lipinski definition) is 3. The van der Waals surface area contributed by atoms with Crippen LogP contribution in [0.25, 0.3) is 0 Å². The van der Waals surface area contributed by atoms with Gasteiger partial charge in [0.15, 0.2) is 6.61 Å². The summed E-state index contributed by atoms with van der Waals surface area (Å²) in [6.45, 7) is 4.01. The molecule has 1 atom stereocenters. The van der Waals surface area contributed by atoms with Gasteiger partial charge in [0.05, 0.1) is 0 Å². The van der Waals surface area contributed by atoms with Crippen LogP contribution < -0.4 is 15.8 Å². The van der Waals surface area contributed by atoms with Gasteiger partial charge in [-0.2, -0.15) is 0 Å². The standard InChI is InChI=1S/C14H18N2O3/c1-14(2)7-11(14)13(18)16-9-3-5-10(6-4-9)19-8-12(15)17/h3-6,11H,7-8H2,1-2H3,(H2,15,17)(H,16,18)/t11-/m1/s1. The SMILES string of the molecule is CC1(C)C[C@@H]1C(=O)Nc1ccc(OCC(N)=O)cc1. The molecule has 19 heavy (non-hydrogen) atoms. The van der Waals surface area contributed by atoms with Gasteiger partial charge < -0.3 is 15.8 Å². The van der Waals surface area contributed by atoms with Gasteiger partial charge in [-0.25, -0.2) is 0 Å². The zero-order valence-electron chi connectivity index (χ0n) is 11.1. The molecule has 0 radical (unpaired) electrons. The summed E-state index contributed by atoms with van der Waals surface area (Å²) in [6, 6.07) is 6.86. The maximum absolute atomic E-state index is 11.9. The highest BCUT2D eigenvalue weighted by Gasteiger charge is 2.50. The maximum atomic E-state index is 11.9. The molecule has 0 aromatic heterocycles. The third-order valence-electron chi connectivity index (χ3n) is 3.33. The third-order valence-corrected chi connectivity index (χ3v) is 3.33. The summed E-state index contributed by atoms with van der Waals surface area (Å²) >= 11 is 0. The van der Waals surface area contributed by atoms with Gasteiger partial charge in [0.2, 0.25) is 5.91 Å². The van der Waals surface area contributed by atoms with Crippen molar-refractivity contribution in [1.29, 1.82) is 0 Å². The summed E-state index contributed by atoms with van der Waals surface area (Å²) in [4.78, 5) is 22.5. The molecule has 0 spiro atoms. The van der Waals surface area contributed by atoms with E-state index >= 15 is 0 Å². The molecule has 102 valence electrons. The average Bonchev–Trinajstić information content (AvgIpc) is 2.98. The summed E-state index contributed by atoms with van der Waals surface area (Å²) in [5, 5.41) is 2.87. The highest BCUT2D eigenvalue weighted by molar-refractivity contribution is 5.95. The molecule has 0 bridgehead atoms. The van der Waals surface area contributed by atoms with E-state index in [-0.39, 0.29) is 23.8 Å². The van der Waals surface area contributed by atoms with Gasteiger partial charge in [-0.05, 0) is 36.1 Å². The number of carbonyl (C=O) groups excluding carboxylic acids is 2. The zero-order chi connectivity index (χ0) is 14.0. The Balaban J connectivity index is 1.88. The minimum Gasteiger partial charge on any atom is -0.484 e. The number of primary amides is 1. The number of hydrogen-bond donors (Lipinski definition) is 2. The second-order valence-electron chi connectivity index (χ2n) is 5.51. The van der Waals surface area contributed by atoms with Crippen LogP contribution >= 0.6 is 0 Å². The monoisotopic (exact) mass is 262 g/mol. The summed E-state index contributed by atoms with van der Waals surface area (Å²) in [5.74, 6) is 0.172. The topological polar surface area (TPSA) is 81.4 Å². The maximum Gasteiger partial charge on any atom is 0.255 e. The van der Waals surface area contributed by atoms with Gasteiger partial charge in [-0.1, -0.05) is 13.8 Å². The number of ether oxygens (including phenoxy) is 1. The lowest BCUT2D eigenvalue weighted by Crippen LogP contribution is -2.20. The number of nitrogens with two attached hydrogens (primary N) is 1. The number of carbonyl (C=O) groups is 2. The fourth-order valence-corrected chi connectivity index (χ4v) is 1.93. The molecule has 2 rings (SSSR count). The fraction of sp³-hybridized carbons (Fsp3) is 0.429. The third kappa shape index (κ3) is 3.47. The first kappa shape index (κ1) is 13.4. The van der Waals surface area contributed by atoms with Crippen molar-refractivity contribution in [2.75, 3.05) is 11.9 Å². The van der Waals surface area contributed by atoms with Crippen LogP contribution in [0.2, 0.25) is 0 Å². The van der Waals surface area contributed by atoms with Crippen molar-refractivity contribution in [3.8, 4) is 5.75 Å². The van der Waals surface area contributed by atoms with Crippen LogP contribution in [0, 0.1) is 11.3 Å². The summed E-state index contributed by atoms with van der Waals surface area (Å²) in [5.41, 5.74) is 5.82. The highest BCUT2D eigenvalue weighted by atomic mass is 16.5. The smallest absolute Gasteiger partial charge is 0.255 e. The first-order chi connectivity index (χ1) is 8.88. The van der Waals surface area contributed by atoms with Crippen molar-refractivity contribution in [1.82, 2.24) is 0 Å². The Hall–Kier alpha value is -2.04. The van der Waals surface area contributed by atoms with E-state index < -0.39 is 5.91 Å². The van der Waals surface area contributed by atoms with Crippen molar-refractivity contribution in [3.05, 3.63) is 24.3 Å². The number of benzene rings is 1. The van der Waals surface area contributed by atoms with Crippen LogP contribution in [-0.2, 0) is 9.59 Å². The molecule has 1 saturated carbocycles. The van der Waals surface area contributed by atoms with Crippen molar-refractivity contribution < 1.29 is 14.3 Å². The second-order valence-corrected chi connectivity index (χ2v) is 5.51. The molecule has 2 amide bonds. The normalized spacial score (nSPS) is 19.6. The first-order valence-electron chi connectivity index (χ1n) is 6.20. The lowest BCUT2D eigenvalue weighted by Gasteiger charge is -2.08. The van der Waals surface area contributed by atoms with E-state index in [1.807, 2.05) is 0 Å². The van der Waals surface area contributed by atoms with E-state index in [2.05, 4.69) is 19.2 Å². The minimum atomic E-state index is -0.520. The van der Waals surface area contributed by atoms with Crippen LogP contribution in [0.4, 0.5) is 5.69 Å². The first-order valence-corrected chi connectivity index (χ1v) is 6.20. The Morgan fingerprint density at radius 1 is 1.37 bits per heavy atom. The predicted octanol–water partition coefficient (Wildman–Crippen LogP) is 1.54. The van der Waals surface area contributed by atoms with E-state index in [0.29, 0.717) is 5.75 Å². The quantitative estimate of drug-likeness (QED) is 0.844. The minimum absolute atomic E-state index is 0.0517. The Bertz CT molecular complexity index is 494. The van der Waals surface area contributed by atoms with Crippen LogP contribution in [0.5, 0.6) is 5.75 Å². The molecular formula is C14H18N2O3. The lowest BCUT2D eigenvalue weighted by molar-refractivity contribution is -0.120. The molecule has 5 nitrogen and oxygen atoms in total. The van der Waals surface area contributed by atoms with Crippen LogP contribution in [0.15, 0.2) is 24.3 Å². The molecular weight excluding hydrogens is 244 g/mol. The van der Waals surface area contributed by atoms with Crippen molar-refractivity contribution in [3.63, 3.8) is 0 Å². The van der Waals surface area contributed by atoms with E-state index in [9.17, 15) is 9.59 Å². The molecule has 1 aliphatic carbocycles. The number of rotatable bonds is 5. The number of anilines is 1. The Morgan fingerprint density at radius 2 is 1.95 bits per heavy atom. The molecule has 1 aromatic rings. The molecule has 0 unspecified atom stereocenters. The molecule has 1 fully saturated rings. The van der Waals surface area contributed by atoms with E-state index in [0.717, 1.165) is 12.1 Å². The average molecular weight is 262 g/mol. The van der Waals surface area contributed by atoms with Gasteiger partial charge in [-0.15, -0.1) is 0 Å². The number of amides is 2. The highest BCUT2D eigenvalue weighted by Crippen LogP contribution is 2.51. The summed E-state index contributed by atoms with van der Waals surface area (Å²) in [6.07, 6.45) is 0.929.